The highest BCUT2D eigenvalue weighted by Gasteiger charge is 2.07. The van der Waals surface area contributed by atoms with E-state index in [4.69, 9.17) is 0 Å². The Morgan fingerprint density at radius 3 is 2.79 bits per heavy atom. The number of nitrogens with zero attached hydrogens (tertiary/aromatic N) is 3. The van der Waals surface area contributed by atoms with Crippen molar-refractivity contribution < 1.29 is 9.53 Å². The first-order chi connectivity index (χ1) is 9.20. The normalized spacial score (nSPS) is 10.0. The molecular formula is C13H14N4O2. The smallest absolute Gasteiger partial charge is 0.358 e. The van der Waals surface area contributed by atoms with Crippen molar-refractivity contribution in [1.29, 1.82) is 0 Å². The molecule has 2 heterocycles. The van der Waals surface area contributed by atoms with Crippen LogP contribution >= 0.6 is 0 Å². The van der Waals surface area contributed by atoms with Crippen LogP contribution in [0.3, 0.4) is 0 Å². The minimum atomic E-state index is -0.496. The number of aromatic nitrogens is 3. The quantitative estimate of drug-likeness (QED) is 0.839. The predicted molar refractivity (Wildman–Crippen MR) is 69.7 cm³/mol. The molecule has 0 spiro atoms. The predicted octanol–water partition coefficient (Wildman–Crippen LogP) is 1.58. The van der Waals surface area contributed by atoms with Gasteiger partial charge in [0.25, 0.3) is 0 Å². The van der Waals surface area contributed by atoms with Crippen LogP contribution in [0.25, 0.3) is 0 Å². The average molecular weight is 258 g/mol. The van der Waals surface area contributed by atoms with Gasteiger partial charge in [-0.3, -0.25) is 4.98 Å². The van der Waals surface area contributed by atoms with Gasteiger partial charge < -0.3 is 10.1 Å². The van der Waals surface area contributed by atoms with Crippen LogP contribution in [0.2, 0.25) is 0 Å². The summed E-state index contributed by atoms with van der Waals surface area (Å²) in [6, 6.07) is 5.20. The van der Waals surface area contributed by atoms with Gasteiger partial charge in [-0.2, -0.15) is 0 Å². The van der Waals surface area contributed by atoms with Crippen LogP contribution in [0.5, 0.6) is 0 Å². The van der Waals surface area contributed by atoms with E-state index in [0.29, 0.717) is 12.4 Å². The number of esters is 1. The van der Waals surface area contributed by atoms with Gasteiger partial charge in [0.1, 0.15) is 5.82 Å². The Morgan fingerprint density at radius 2 is 2.16 bits per heavy atom. The zero-order valence-electron chi connectivity index (χ0n) is 10.8. The Hall–Kier alpha value is -2.50. The van der Waals surface area contributed by atoms with Gasteiger partial charge in [-0.25, -0.2) is 4.79 Å². The van der Waals surface area contributed by atoms with Crippen molar-refractivity contribution >= 4 is 11.8 Å². The van der Waals surface area contributed by atoms with Gasteiger partial charge >= 0.3 is 5.97 Å². The average Bonchev–Trinajstić information content (AvgIpc) is 2.46. The third-order valence-corrected chi connectivity index (χ3v) is 2.66. The number of anilines is 1. The first kappa shape index (κ1) is 12.9. The summed E-state index contributed by atoms with van der Waals surface area (Å²) in [4.78, 5) is 15.2. The second kappa shape index (κ2) is 5.90. The van der Waals surface area contributed by atoms with E-state index >= 15 is 0 Å². The summed E-state index contributed by atoms with van der Waals surface area (Å²) in [5, 5.41) is 10.8. The highest BCUT2D eigenvalue weighted by Crippen LogP contribution is 2.09. The third-order valence-electron chi connectivity index (χ3n) is 2.66. The van der Waals surface area contributed by atoms with Crippen molar-refractivity contribution in [3.63, 3.8) is 0 Å². The highest BCUT2D eigenvalue weighted by atomic mass is 16.5. The second-order valence-electron chi connectivity index (χ2n) is 3.95. The first-order valence-corrected chi connectivity index (χ1v) is 5.76. The van der Waals surface area contributed by atoms with Crippen LogP contribution in [0, 0.1) is 6.92 Å². The van der Waals surface area contributed by atoms with Crippen LogP contribution in [-0.4, -0.2) is 28.3 Å². The molecule has 0 fully saturated rings. The summed E-state index contributed by atoms with van der Waals surface area (Å²) in [6.45, 7) is 2.62. The van der Waals surface area contributed by atoms with E-state index in [1.165, 1.54) is 7.11 Å². The number of methoxy groups -OCH3 is 1. The summed E-state index contributed by atoms with van der Waals surface area (Å²) in [7, 11) is 1.31. The molecule has 6 heteroatoms. The van der Waals surface area contributed by atoms with E-state index in [1.807, 2.05) is 19.2 Å². The molecular weight excluding hydrogens is 244 g/mol. The summed E-state index contributed by atoms with van der Waals surface area (Å²) in [6.07, 6.45) is 3.55. The SMILES string of the molecule is COC(=O)c1ccc(NCc2ccncc2C)nn1. The number of rotatable bonds is 4. The Morgan fingerprint density at radius 1 is 1.32 bits per heavy atom. The molecule has 0 aliphatic carbocycles. The van der Waals surface area contributed by atoms with Crippen LogP contribution in [0.4, 0.5) is 5.82 Å². The largest absolute Gasteiger partial charge is 0.464 e. The molecule has 0 atom stereocenters. The summed E-state index contributed by atoms with van der Waals surface area (Å²) in [5.41, 5.74) is 2.43. The van der Waals surface area contributed by atoms with Crippen molar-refractivity contribution in [2.24, 2.45) is 0 Å². The lowest BCUT2D eigenvalue weighted by Crippen LogP contribution is -2.08. The van der Waals surface area contributed by atoms with E-state index in [1.54, 1.807) is 18.3 Å². The van der Waals surface area contributed by atoms with Gasteiger partial charge in [0, 0.05) is 18.9 Å². The molecule has 0 unspecified atom stereocenters. The van der Waals surface area contributed by atoms with Gasteiger partial charge in [0.15, 0.2) is 5.69 Å². The van der Waals surface area contributed by atoms with E-state index in [0.717, 1.165) is 11.1 Å². The van der Waals surface area contributed by atoms with Gasteiger partial charge in [-0.1, -0.05) is 0 Å². The molecule has 2 rings (SSSR count). The van der Waals surface area contributed by atoms with Gasteiger partial charge in [-0.15, -0.1) is 10.2 Å². The van der Waals surface area contributed by atoms with Crippen LogP contribution < -0.4 is 5.32 Å². The maximum absolute atomic E-state index is 11.2. The molecule has 19 heavy (non-hydrogen) atoms. The lowest BCUT2D eigenvalue weighted by Gasteiger charge is -2.07. The van der Waals surface area contributed by atoms with Crippen molar-refractivity contribution in [1.82, 2.24) is 15.2 Å². The van der Waals surface area contributed by atoms with Crippen LogP contribution in [0.15, 0.2) is 30.6 Å². The van der Waals surface area contributed by atoms with Gasteiger partial charge in [0.05, 0.1) is 7.11 Å². The highest BCUT2D eigenvalue weighted by molar-refractivity contribution is 5.86. The Bertz CT molecular complexity index is 569. The number of hydrogen-bond acceptors (Lipinski definition) is 6. The molecule has 1 N–H and O–H groups in total. The van der Waals surface area contributed by atoms with E-state index in [9.17, 15) is 4.79 Å². The van der Waals surface area contributed by atoms with Crippen molar-refractivity contribution in [2.75, 3.05) is 12.4 Å². The number of nitrogens with one attached hydrogen (secondary N) is 1. The lowest BCUT2D eigenvalue weighted by atomic mass is 10.1. The zero-order chi connectivity index (χ0) is 13.7. The van der Waals surface area contributed by atoms with Crippen molar-refractivity contribution in [3.05, 3.63) is 47.4 Å². The molecule has 2 aromatic rings. The molecule has 2 aromatic heterocycles. The Balaban J connectivity index is 2.01. The topological polar surface area (TPSA) is 77.0 Å². The Kier molecular flexibility index (Phi) is 4.02. The molecule has 0 aliphatic heterocycles. The summed E-state index contributed by atoms with van der Waals surface area (Å²) < 4.78 is 4.55. The fourth-order valence-corrected chi connectivity index (χ4v) is 1.53. The number of hydrogen-bond donors (Lipinski definition) is 1. The monoisotopic (exact) mass is 258 g/mol. The second-order valence-corrected chi connectivity index (χ2v) is 3.95. The summed E-state index contributed by atoms with van der Waals surface area (Å²) in [5.74, 6) is 0.105. The molecule has 0 aromatic carbocycles. The molecule has 0 saturated heterocycles. The number of pyridine rings is 1. The number of carbonyl (C=O) groups is 1. The number of aryl methyl sites for hydroxylation is 1. The van der Waals surface area contributed by atoms with Crippen LogP contribution in [-0.2, 0) is 11.3 Å². The Labute approximate surface area is 110 Å². The molecule has 6 nitrogen and oxygen atoms in total. The molecule has 98 valence electrons. The number of ether oxygens (including phenoxy) is 1. The third kappa shape index (κ3) is 3.25. The minimum absolute atomic E-state index is 0.188. The maximum Gasteiger partial charge on any atom is 0.358 e. The van der Waals surface area contributed by atoms with E-state index in [2.05, 4.69) is 25.2 Å². The van der Waals surface area contributed by atoms with Crippen molar-refractivity contribution in [3.8, 4) is 0 Å². The summed E-state index contributed by atoms with van der Waals surface area (Å²) >= 11 is 0. The van der Waals surface area contributed by atoms with Crippen molar-refractivity contribution in [2.45, 2.75) is 13.5 Å². The van der Waals surface area contributed by atoms with Crippen LogP contribution in [0.1, 0.15) is 21.6 Å². The fourth-order valence-electron chi connectivity index (χ4n) is 1.53. The molecule has 0 aliphatic rings. The standard InChI is InChI=1S/C13H14N4O2/c1-9-7-14-6-5-10(9)8-15-12-4-3-11(16-17-12)13(18)19-2/h3-7H,8H2,1-2H3,(H,15,17). The van der Waals surface area contributed by atoms with Gasteiger partial charge in [-0.05, 0) is 36.2 Å². The fraction of sp³-hybridized carbons (Fsp3) is 0.231. The lowest BCUT2D eigenvalue weighted by molar-refractivity contribution is 0.0593. The van der Waals surface area contributed by atoms with E-state index in [-0.39, 0.29) is 5.69 Å². The van der Waals surface area contributed by atoms with E-state index < -0.39 is 5.97 Å². The molecule has 0 radical (unpaired) electrons. The minimum Gasteiger partial charge on any atom is -0.464 e. The first-order valence-electron chi connectivity index (χ1n) is 5.76. The molecule has 0 saturated carbocycles. The van der Waals surface area contributed by atoms with Gasteiger partial charge in [0.2, 0.25) is 0 Å². The number of carbonyl (C=O) groups excluding carboxylic acids is 1. The zero-order valence-corrected chi connectivity index (χ0v) is 10.8. The molecule has 0 amide bonds. The molecule has 0 bridgehead atoms. The maximum atomic E-state index is 11.2.